The molecule has 4 fully saturated rings. The third-order valence-corrected chi connectivity index (χ3v) is 15.3. The van der Waals surface area contributed by atoms with Crippen molar-refractivity contribution in [2.24, 2.45) is 16.7 Å². The second kappa shape index (κ2) is 11.9. The first-order valence-electron chi connectivity index (χ1n) is 19.1. The zero-order valence-electron chi connectivity index (χ0n) is 31.4. The van der Waals surface area contributed by atoms with Gasteiger partial charge in [0.15, 0.2) is 0 Å². The maximum atomic E-state index is 15.1. The smallest absolute Gasteiger partial charge is 0.319 e. The number of rotatable bonds is 6. The van der Waals surface area contributed by atoms with Gasteiger partial charge in [-0.25, -0.2) is 9.52 Å². The van der Waals surface area contributed by atoms with Gasteiger partial charge in [-0.05, 0) is 72.4 Å². The Morgan fingerprint density at radius 1 is 0.943 bits per heavy atom. The lowest BCUT2D eigenvalue weighted by atomic mass is 9.53. The van der Waals surface area contributed by atoms with Gasteiger partial charge in [-0.3, -0.25) is 9.59 Å². The summed E-state index contributed by atoms with van der Waals surface area (Å²) < 4.78 is 37.2. The molecule has 12 nitrogen and oxygen atoms in total. The molecule has 1 aromatic carbocycles. The van der Waals surface area contributed by atoms with E-state index in [9.17, 15) is 18.0 Å². The minimum absolute atomic E-state index is 0.0341. The highest BCUT2D eigenvalue weighted by atomic mass is 32.2. The first kappa shape index (κ1) is 34.7. The number of amides is 4. The van der Waals surface area contributed by atoms with Crippen LogP contribution in [-0.2, 0) is 26.3 Å². The molecule has 2 unspecified atom stereocenters. The van der Waals surface area contributed by atoms with Crippen LogP contribution >= 0.6 is 0 Å². The molecule has 4 amide bonds. The van der Waals surface area contributed by atoms with E-state index < -0.39 is 22.0 Å². The lowest BCUT2D eigenvalue weighted by Gasteiger charge is -2.48. The van der Waals surface area contributed by atoms with Gasteiger partial charge in [0.25, 0.3) is 5.91 Å². The third-order valence-electron chi connectivity index (χ3n) is 13.9. The molecule has 4 aliphatic carbocycles. The zero-order chi connectivity index (χ0) is 37.2. The van der Waals surface area contributed by atoms with Crippen molar-refractivity contribution in [3.8, 4) is 5.75 Å². The van der Waals surface area contributed by atoms with E-state index in [0.717, 1.165) is 69.1 Å². The Labute approximate surface area is 311 Å². The van der Waals surface area contributed by atoms with Crippen molar-refractivity contribution in [1.82, 2.24) is 28.3 Å². The highest BCUT2D eigenvalue weighted by Gasteiger charge is 2.70. The molecule has 3 aliphatic heterocycles. The Balaban J connectivity index is 1.14. The maximum Gasteiger partial charge on any atom is 0.319 e. The number of hydrogen-bond acceptors (Lipinski definition) is 6. The molecule has 9 rings (SSSR count). The van der Waals surface area contributed by atoms with Crippen LogP contribution in [0.4, 0.5) is 4.79 Å². The molecule has 53 heavy (non-hydrogen) atoms. The molecule has 13 heteroatoms. The lowest BCUT2D eigenvalue weighted by molar-refractivity contribution is -0.135. The molecule has 2 saturated heterocycles. The van der Waals surface area contributed by atoms with Crippen molar-refractivity contribution in [1.29, 1.82) is 0 Å². The summed E-state index contributed by atoms with van der Waals surface area (Å²) in [5, 5.41) is 1.01. The highest BCUT2D eigenvalue weighted by Crippen LogP contribution is 2.66. The summed E-state index contributed by atoms with van der Waals surface area (Å²) >= 11 is 0. The number of urea groups is 1. The van der Waals surface area contributed by atoms with Crippen LogP contribution in [0, 0.1) is 16.7 Å². The second-order valence-corrected chi connectivity index (χ2v) is 18.9. The fourth-order valence-electron chi connectivity index (χ4n) is 11.1. The van der Waals surface area contributed by atoms with Crippen molar-refractivity contribution in [3.05, 3.63) is 63.9 Å². The monoisotopic (exact) mass is 742 g/mol. The number of carbonyl (C=O) groups is 3. The minimum Gasteiger partial charge on any atom is -0.496 e. The van der Waals surface area contributed by atoms with Crippen LogP contribution in [0.1, 0.15) is 74.5 Å². The molecular weight excluding hydrogens is 693 g/mol. The standard InChI is InChI=1S/C40H50N6O6S/c1-42(2)38(49)45-22-39-16-17-40(39,23-45)21-44(20-39)37(48)27-13-9-12-26-32(27)30-18-28-31(52-5)15-14-25(24-10-7-6-8-11-24)35(28)46(30)19-29-33(26)34(29)36(47)41-53(50,51)43(3)4/h9,12,14-15,18,24,27,32H,6-8,10-11,13,16-17,19-23H2,1-5H3,(H,41,47)/t27-,32-,39?,40?/m1/s1. The summed E-state index contributed by atoms with van der Waals surface area (Å²) in [6.45, 7) is 3.05. The van der Waals surface area contributed by atoms with Crippen molar-refractivity contribution in [2.75, 3.05) is 61.5 Å². The minimum atomic E-state index is -4.01. The summed E-state index contributed by atoms with van der Waals surface area (Å²) in [5.74, 6) is -0.102. The van der Waals surface area contributed by atoms with Gasteiger partial charge < -0.3 is 24.0 Å². The highest BCUT2D eigenvalue weighted by molar-refractivity contribution is 7.87. The van der Waals surface area contributed by atoms with Gasteiger partial charge in [0.2, 0.25) is 5.91 Å². The van der Waals surface area contributed by atoms with E-state index in [1.54, 1.807) is 26.1 Å². The molecule has 1 aromatic heterocycles. The molecule has 2 aromatic rings. The Morgan fingerprint density at radius 3 is 2.25 bits per heavy atom. The van der Waals surface area contributed by atoms with Crippen LogP contribution in [0.2, 0.25) is 0 Å². The van der Waals surface area contributed by atoms with Crippen LogP contribution < -0.4 is 9.46 Å². The Bertz CT molecular complexity index is 2150. The molecule has 4 atom stereocenters. The average Bonchev–Trinajstić information content (AvgIpc) is 3.62. The number of ether oxygens (including phenoxy) is 1. The van der Waals surface area contributed by atoms with Gasteiger partial charge >= 0.3 is 16.2 Å². The molecule has 2 saturated carbocycles. The van der Waals surface area contributed by atoms with Gasteiger partial charge in [-0.2, -0.15) is 12.7 Å². The molecule has 0 spiro atoms. The van der Waals surface area contributed by atoms with Crippen LogP contribution in [0.3, 0.4) is 0 Å². The number of aromatic nitrogens is 1. The Kier molecular flexibility index (Phi) is 7.81. The molecule has 4 heterocycles. The van der Waals surface area contributed by atoms with Crippen LogP contribution in [0.25, 0.3) is 10.9 Å². The summed E-state index contributed by atoms with van der Waals surface area (Å²) in [4.78, 5) is 47.5. The average molecular weight is 743 g/mol. The lowest BCUT2D eigenvalue weighted by Crippen LogP contribution is -2.49. The number of methoxy groups -OCH3 is 1. The van der Waals surface area contributed by atoms with Gasteiger partial charge in [0.05, 0.1) is 24.1 Å². The SMILES string of the molecule is COc1ccc(C2CCCCC2)c2c1cc1n2CC2=C(C(=O)NS(=O)(=O)N(C)C)C2=C2C=CC[C@@H](C(=O)N3CC45CCC4(C3)CN(C(=O)N(C)C)C5)[C@@H]21. The van der Waals surface area contributed by atoms with Crippen LogP contribution in [-0.4, -0.2) is 111 Å². The van der Waals surface area contributed by atoms with E-state index in [1.165, 1.54) is 38.9 Å². The van der Waals surface area contributed by atoms with Crippen molar-refractivity contribution >= 4 is 39.0 Å². The van der Waals surface area contributed by atoms with Gasteiger partial charge in [-0.15, -0.1) is 0 Å². The number of fused-ring (bicyclic) bond motifs is 6. The van der Waals surface area contributed by atoms with Crippen LogP contribution in [0.15, 0.2) is 52.6 Å². The van der Waals surface area contributed by atoms with E-state index >= 15 is 4.79 Å². The Morgan fingerprint density at radius 2 is 1.62 bits per heavy atom. The molecule has 282 valence electrons. The van der Waals surface area contributed by atoms with Crippen LogP contribution in [0.5, 0.6) is 5.75 Å². The number of carbonyl (C=O) groups excluding carboxylic acids is 3. The molecular formula is C40H50N6O6S. The predicted molar refractivity (Wildman–Crippen MR) is 200 cm³/mol. The van der Waals surface area contributed by atoms with Gasteiger partial charge in [-0.1, -0.05) is 37.5 Å². The fourth-order valence-corrected chi connectivity index (χ4v) is 11.6. The molecule has 1 N–H and O–H groups in total. The first-order valence-corrected chi connectivity index (χ1v) is 20.6. The maximum absolute atomic E-state index is 15.1. The van der Waals surface area contributed by atoms with E-state index in [1.807, 2.05) is 4.90 Å². The predicted octanol–water partition coefficient (Wildman–Crippen LogP) is 4.51. The van der Waals surface area contributed by atoms with E-state index in [2.05, 4.69) is 44.5 Å². The summed E-state index contributed by atoms with van der Waals surface area (Å²) in [5.41, 5.74) is 6.15. The van der Waals surface area contributed by atoms with Gasteiger partial charge in [0, 0.05) is 88.7 Å². The summed E-state index contributed by atoms with van der Waals surface area (Å²) in [6, 6.07) is 6.53. The van der Waals surface area contributed by atoms with E-state index in [4.69, 9.17) is 4.74 Å². The normalized spacial score (nSPS) is 28.9. The van der Waals surface area contributed by atoms with E-state index in [0.29, 0.717) is 50.6 Å². The van der Waals surface area contributed by atoms with Crippen molar-refractivity contribution in [2.45, 2.75) is 69.7 Å². The summed E-state index contributed by atoms with van der Waals surface area (Å²) in [7, 11) is 4.05. The van der Waals surface area contributed by atoms with Crippen molar-refractivity contribution < 1.29 is 27.5 Å². The quantitative estimate of drug-likeness (QED) is 0.465. The van der Waals surface area contributed by atoms with Crippen molar-refractivity contribution in [3.63, 3.8) is 0 Å². The topological polar surface area (TPSA) is 124 Å². The molecule has 0 bridgehead atoms. The molecule has 7 aliphatic rings. The summed E-state index contributed by atoms with van der Waals surface area (Å²) in [6.07, 6.45) is 12.5. The number of nitrogens with zero attached hydrogens (tertiary/aromatic N) is 5. The Hall–Kier alpha value is -4.10. The number of hydrogen-bond donors (Lipinski definition) is 1. The number of benzene rings is 1. The second-order valence-electron chi connectivity index (χ2n) is 17.0. The first-order chi connectivity index (χ1) is 25.3. The third kappa shape index (κ3) is 5.01. The fraction of sp³-hybridized carbons (Fsp3) is 0.575. The number of nitrogens with one attached hydrogen (secondary N) is 1. The van der Waals surface area contributed by atoms with E-state index in [-0.39, 0.29) is 28.7 Å². The molecule has 0 radical (unpaired) electrons. The van der Waals surface area contributed by atoms with Gasteiger partial charge in [0.1, 0.15) is 5.75 Å². The largest absolute Gasteiger partial charge is 0.496 e. The zero-order valence-corrected chi connectivity index (χ0v) is 32.2. The number of allylic oxidation sites excluding steroid dienone is 4. The number of likely N-dealkylation sites (tertiary alicyclic amines) is 2.